The zero-order chi connectivity index (χ0) is 12.8. The Bertz CT molecular complexity index is 375. The third-order valence-electron chi connectivity index (χ3n) is 3.16. The largest absolute Gasteiger partial charge is 0.355 e. The van der Waals surface area contributed by atoms with E-state index < -0.39 is 0 Å². The molecule has 1 aromatic heterocycles. The van der Waals surface area contributed by atoms with E-state index >= 15 is 0 Å². The van der Waals surface area contributed by atoms with Crippen LogP contribution in [0.1, 0.15) is 39.0 Å². The number of nitrogens with one attached hydrogen (secondary N) is 1. The van der Waals surface area contributed by atoms with Gasteiger partial charge in [-0.15, -0.1) is 0 Å². The number of hydrogen-bond donors (Lipinski definition) is 1. The number of nitrogens with zero attached hydrogens (tertiary/aromatic N) is 3. The predicted molar refractivity (Wildman–Crippen MR) is 76.5 cm³/mol. The second-order valence-corrected chi connectivity index (χ2v) is 5.10. The van der Waals surface area contributed by atoms with E-state index in [1.165, 1.54) is 25.7 Å². The first-order chi connectivity index (χ1) is 8.81. The summed E-state index contributed by atoms with van der Waals surface area (Å²) in [6.45, 7) is 5.10. The lowest BCUT2D eigenvalue weighted by molar-refractivity contribution is 0.726. The highest BCUT2D eigenvalue weighted by Crippen LogP contribution is 2.26. The fourth-order valence-corrected chi connectivity index (χ4v) is 2.39. The first kappa shape index (κ1) is 13.4. The van der Waals surface area contributed by atoms with Gasteiger partial charge in [0.2, 0.25) is 5.95 Å². The molecule has 0 aromatic carbocycles. The molecule has 2 heterocycles. The molecule has 0 amide bonds. The molecule has 0 atom stereocenters. The van der Waals surface area contributed by atoms with Crippen LogP contribution in [-0.4, -0.2) is 29.6 Å². The summed E-state index contributed by atoms with van der Waals surface area (Å²) in [6.07, 6.45) is 7.81. The van der Waals surface area contributed by atoms with Crippen molar-refractivity contribution in [2.45, 2.75) is 39.0 Å². The third-order valence-corrected chi connectivity index (χ3v) is 3.43. The maximum absolute atomic E-state index is 6.22. The van der Waals surface area contributed by atoms with E-state index in [4.69, 9.17) is 11.6 Å². The van der Waals surface area contributed by atoms with Gasteiger partial charge in [-0.2, -0.15) is 4.98 Å². The average molecular weight is 269 g/mol. The number of rotatable bonds is 4. The van der Waals surface area contributed by atoms with Crippen LogP contribution in [0.15, 0.2) is 6.20 Å². The number of aromatic nitrogens is 2. The normalized spacial score (nSPS) is 16.4. The van der Waals surface area contributed by atoms with Gasteiger partial charge < -0.3 is 10.2 Å². The molecule has 18 heavy (non-hydrogen) atoms. The maximum atomic E-state index is 6.22. The van der Waals surface area contributed by atoms with Gasteiger partial charge in [-0.3, -0.25) is 0 Å². The molecule has 0 unspecified atom stereocenters. The van der Waals surface area contributed by atoms with E-state index in [9.17, 15) is 0 Å². The van der Waals surface area contributed by atoms with Crippen LogP contribution in [0.4, 0.5) is 11.8 Å². The second-order valence-electron chi connectivity index (χ2n) is 4.69. The molecule has 0 radical (unpaired) electrons. The Morgan fingerprint density at radius 3 is 2.67 bits per heavy atom. The van der Waals surface area contributed by atoms with Crippen molar-refractivity contribution in [2.75, 3.05) is 29.9 Å². The zero-order valence-electron chi connectivity index (χ0n) is 11.0. The van der Waals surface area contributed by atoms with Gasteiger partial charge in [-0.05, 0) is 19.3 Å². The van der Waals surface area contributed by atoms with Crippen molar-refractivity contribution in [2.24, 2.45) is 0 Å². The van der Waals surface area contributed by atoms with E-state index in [2.05, 4.69) is 27.1 Å². The SMILES string of the molecule is CCCNc1ncc(Cl)c(N2CCCCCC2)n1. The summed E-state index contributed by atoms with van der Waals surface area (Å²) >= 11 is 6.22. The minimum atomic E-state index is 0.652. The molecule has 1 aromatic rings. The number of hydrogen-bond acceptors (Lipinski definition) is 4. The highest BCUT2D eigenvalue weighted by molar-refractivity contribution is 6.32. The van der Waals surface area contributed by atoms with Crippen molar-refractivity contribution in [3.8, 4) is 0 Å². The fraction of sp³-hybridized carbons (Fsp3) is 0.692. The Morgan fingerprint density at radius 2 is 2.00 bits per heavy atom. The van der Waals surface area contributed by atoms with E-state index in [1.807, 2.05) is 0 Å². The standard InChI is InChI=1S/C13H21ClN4/c1-2-7-15-13-16-10-11(14)12(17-13)18-8-5-3-4-6-9-18/h10H,2-9H2,1H3,(H,15,16,17). The molecule has 0 aliphatic carbocycles. The van der Waals surface area contributed by atoms with Crippen LogP contribution < -0.4 is 10.2 Å². The molecule has 1 aliphatic rings. The second kappa shape index (κ2) is 6.78. The molecular weight excluding hydrogens is 248 g/mol. The smallest absolute Gasteiger partial charge is 0.224 e. The Labute approximate surface area is 114 Å². The van der Waals surface area contributed by atoms with Crippen LogP contribution in [0, 0.1) is 0 Å². The van der Waals surface area contributed by atoms with Gasteiger partial charge in [0.25, 0.3) is 0 Å². The summed E-state index contributed by atoms with van der Waals surface area (Å²) in [5.74, 6) is 1.56. The molecule has 1 N–H and O–H groups in total. The lowest BCUT2D eigenvalue weighted by atomic mass is 10.2. The monoisotopic (exact) mass is 268 g/mol. The van der Waals surface area contributed by atoms with Crippen LogP contribution >= 0.6 is 11.6 Å². The molecule has 0 bridgehead atoms. The highest BCUT2D eigenvalue weighted by atomic mass is 35.5. The van der Waals surface area contributed by atoms with Crippen molar-refractivity contribution in [3.63, 3.8) is 0 Å². The average Bonchev–Trinajstić information content (AvgIpc) is 2.66. The maximum Gasteiger partial charge on any atom is 0.224 e. The lowest BCUT2D eigenvalue weighted by Crippen LogP contribution is -2.25. The third kappa shape index (κ3) is 3.48. The summed E-state index contributed by atoms with van der Waals surface area (Å²) in [5.41, 5.74) is 0. The molecule has 0 spiro atoms. The van der Waals surface area contributed by atoms with Crippen LogP contribution in [0.2, 0.25) is 5.02 Å². The number of anilines is 2. The van der Waals surface area contributed by atoms with Gasteiger partial charge in [0.15, 0.2) is 5.82 Å². The summed E-state index contributed by atoms with van der Waals surface area (Å²) in [7, 11) is 0. The van der Waals surface area contributed by atoms with E-state index in [1.54, 1.807) is 6.20 Å². The molecule has 1 aliphatic heterocycles. The first-order valence-corrected chi connectivity index (χ1v) is 7.20. The summed E-state index contributed by atoms with van der Waals surface area (Å²) in [4.78, 5) is 11.0. The molecule has 1 saturated heterocycles. The zero-order valence-corrected chi connectivity index (χ0v) is 11.7. The van der Waals surface area contributed by atoms with E-state index in [0.717, 1.165) is 31.9 Å². The molecule has 100 valence electrons. The Morgan fingerprint density at radius 1 is 1.28 bits per heavy atom. The minimum absolute atomic E-state index is 0.652. The first-order valence-electron chi connectivity index (χ1n) is 6.82. The quantitative estimate of drug-likeness (QED) is 0.909. The molecule has 4 nitrogen and oxygen atoms in total. The van der Waals surface area contributed by atoms with Gasteiger partial charge in [0, 0.05) is 19.6 Å². The van der Waals surface area contributed by atoms with Crippen molar-refractivity contribution in [3.05, 3.63) is 11.2 Å². The van der Waals surface area contributed by atoms with E-state index in [-0.39, 0.29) is 0 Å². The molecular formula is C13H21ClN4. The van der Waals surface area contributed by atoms with Gasteiger partial charge in [-0.25, -0.2) is 4.98 Å². The molecule has 0 saturated carbocycles. The Hall–Kier alpha value is -1.03. The predicted octanol–water partition coefficient (Wildman–Crippen LogP) is 3.33. The van der Waals surface area contributed by atoms with Gasteiger partial charge in [0.05, 0.1) is 6.20 Å². The highest BCUT2D eigenvalue weighted by Gasteiger charge is 2.15. The van der Waals surface area contributed by atoms with Crippen LogP contribution in [0.3, 0.4) is 0 Å². The molecule has 5 heteroatoms. The topological polar surface area (TPSA) is 41.1 Å². The summed E-state index contributed by atoms with van der Waals surface area (Å²) < 4.78 is 0. The van der Waals surface area contributed by atoms with Crippen LogP contribution in [0.5, 0.6) is 0 Å². The van der Waals surface area contributed by atoms with Crippen molar-refractivity contribution < 1.29 is 0 Å². The van der Waals surface area contributed by atoms with E-state index in [0.29, 0.717) is 11.0 Å². The van der Waals surface area contributed by atoms with Crippen molar-refractivity contribution >= 4 is 23.4 Å². The minimum Gasteiger partial charge on any atom is -0.355 e. The van der Waals surface area contributed by atoms with Gasteiger partial charge >= 0.3 is 0 Å². The van der Waals surface area contributed by atoms with Crippen molar-refractivity contribution in [1.29, 1.82) is 0 Å². The van der Waals surface area contributed by atoms with Gasteiger partial charge in [0.1, 0.15) is 5.02 Å². The summed E-state index contributed by atoms with van der Waals surface area (Å²) in [6, 6.07) is 0. The van der Waals surface area contributed by atoms with Crippen LogP contribution in [0.25, 0.3) is 0 Å². The lowest BCUT2D eigenvalue weighted by Gasteiger charge is -2.22. The Balaban J connectivity index is 2.13. The van der Waals surface area contributed by atoms with Crippen molar-refractivity contribution in [1.82, 2.24) is 9.97 Å². The molecule has 2 rings (SSSR count). The fourth-order valence-electron chi connectivity index (χ4n) is 2.18. The van der Waals surface area contributed by atoms with Gasteiger partial charge in [-0.1, -0.05) is 31.4 Å². The number of halogens is 1. The molecule has 1 fully saturated rings. The summed E-state index contributed by atoms with van der Waals surface area (Å²) in [5, 5.41) is 3.86. The van der Waals surface area contributed by atoms with Crippen LogP contribution in [-0.2, 0) is 0 Å². The Kier molecular flexibility index (Phi) is 5.05.